The molecule has 0 bridgehead atoms. The van der Waals surface area contributed by atoms with Crippen LogP contribution in [0, 0.1) is 5.92 Å². The first-order chi connectivity index (χ1) is 11.0. The molecule has 0 saturated carbocycles. The third kappa shape index (κ3) is 8.11. The highest BCUT2D eigenvalue weighted by Crippen LogP contribution is 2.24. The van der Waals surface area contributed by atoms with Gasteiger partial charge in [0.1, 0.15) is 0 Å². The van der Waals surface area contributed by atoms with Gasteiger partial charge in [-0.05, 0) is 33.6 Å². The van der Waals surface area contributed by atoms with E-state index in [2.05, 4.69) is 22.9 Å². The number of rotatable bonds is 14. The molecule has 7 heteroatoms. The number of ether oxygens (including phenoxy) is 1. The van der Waals surface area contributed by atoms with Gasteiger partial charge in [0.05, 0.1) is 5.92 Å². The highest BCUT2D eigenvalue weighted by molar-refractivity contribution is 9.09. The fourth-order valence-electron chi connectivity index (χ4n) is 2.21. The molecule has 0 aromatic heterocycles. The van der Waals surface area contributed by atoms with E-state index in [9.17, 15) is 4.79 Å². The maximum Gasteiger partial charge on any atom is 0.544 e. The summed E-state index contributed by atoms with van der Waals surface area (Å²) in [5, 5.41) is 0.569. The van der Waals surface area contributed by atoms with Gasteiger partial charge in [0.2, 0.25) is 0 Å². The molecule has 2 unspecified atom stereocenters. The van der Waals surface area contributed by atoms with Gasteiger partial charge in [-0.25, -0.2) is 0 Å². The molecule has 0 aliphatic rings. The quantitative estimate of drug-likeness (QED) is 0.186. The number of hydrogen-bond donors (Lipinski definition) is 0. The van der Waals surface area contributed by atoms with Gasteiger partial charge in [-0.2, -0.15) is 0 Å². The molecule has 138 valence electrons. The van der Waals surface area contributed by atoms with E-state index >= 15 is 0 Å². The van der Waals surface area contributed by atoms with Crippen molar-refractivity contribution in [2.45, 2.75) is 66.0 Å². The minimum absolute atomic E-state index is 0.208. The Morgan fingerprint density at radius 3 is 1.91 bits per heavy atom. The number of carbonyl (C=O) groups excluding carboxylic acids is 1. The fourth-order valence-corrected chi connectivity index (χ4v) is 5.31. The Kier molecular flexibility index (Phi) is 13.4. The van der Waals surface area contributed by atoms with Gasteiger partial charge in [-0.3, -0.25) is 4.79 Å². The topological polar surface area (TPSA) is 54.0 Å². The van der Waals surface area contributed by atoms with Crippen LogP contribution in [0.3, 0.4) is 0 Å². The van der Waals surface area contributed by atoms with Crippen molar-refractivity contribution in [2.24, 2.45) is 5.92 Å². The van der Waals surface area contributed by atoms with Crippen LogP contribution in [0.25, 0.3) is 0 Å². The van der Waals surface area contributed by atoms with Crippen LogP contribution in [0.5, 0.6) is 0 Å². The van der Waals surface area contributed by atoms with Crippen molar-refractivity contribution in [3.63, 3.8) is 0 Å². The third-order valence-electron chi connectivity index (χ3n) is 3.39. The minimum Gasteiger partial charge on any atom is -0.458 e. The van der Waals surface area contributed by atoms with Gasteiger partial charge in [-0.1, -0.05) is 42.6 Å². The van der Waals surface area contributed by atoms with Gasteiger partial charge < -0.3 is 18.0 Å². The third-order valence-corrected chi connectivity index (χ3v) is 7.63. The van der Waals surface area contributed by atoms with E-state index in [4.69, 9.17) is 18.0 Å². The Morgan fingerprint density at radius 2 is 1.52 bits per heavy atom. The highest BCUT2D eigenvalue weighted by atomic mass is 79.9. The van der Waals surface area contributed by atoms with Crippen molar-refractivity contribution in [1.82, 2.24) is 0 Å². The standard InChI is InChI=1S/C16H33BrO5Si/c1-6-10-11-12-15(22-16(18)14(5)13-17)23(19-7-2,20-8-3)21-9-4/h14-15H,6-13H2,1-5H3. The molecule has 0 fully saturated rings. The molecule has 0 aliphatic carbocycles. The van der Waals surface area contributed by atoms with Crippen LogP contribution in [-0.2, 0) is 22.8 Å². The van der Waals surface area contributed by atoms with Crippen molar-refractivity contribution in [2.75, 3.05) is 25.2 Å². The van der Waals surface area contributed by atoms with Crippen molar-refractivity contribution >= 4 is 30.7 Å². The summed E-state index contributed by atoms with van der Waals surface area (Å²) in [5.74, 6) is -0.445. The SMILES string of the molecule is CCCCCC(OC(=O)C(C)CBr)[Si](OCC)(OCC)OCC. The minimum atomic E-state index is -3.05. The van der Waals surface area contributed by atoms with E-state index in [-0.39, 0.29) is 11.9 Å². The normalized spacial score (nSPS) is 14.5. The summed E-state index contributed by atoms with van der Waals surface area (Å²) >= 11 is 3.33. The van der Waals surface area contributed by atoms with Crippen LogP contribution in [0.4, 0.5) is 0 Å². The Hall–Kier alpha value is 0.0469. The molecule has 0 rings (SSSR count). The Balaban J connectivity index is 5.29. The fraction of sp³-hybridized carbons (Fsp3) is 0.938. The summed E-state index contributed by atoms with van der Waals surface area (Å²) in [7, 11) is -3.05. The average Bonchev–Trinajstić information content (AvgIpc) is 2.53. The summed E-state index contributed by atoms with van der Waals surface area (Å²) < 4.78 is 23.6. The molecule has 0 aliphatic heterocycles. The highest BCUT2D eigenvalue weighted by Gasteiger charge is 2.52. The molecule has 2 atom stereocenters. The molecule has 0 aromatic rings. The van der Waals surface area contributed by atoms with Gasteiger partial charge in [0.25, 0.3) is 0 Å². The lowest BCUT2D eigenvalue weighted by Crippen LogP contribution is -2.58. The number of carbonyl (C=O) groups is 1. The smallest absolute Gasteiger partial charge is 0.458 e. The van der Waals surface area contributed by atoms with E-state index in [1.54, 1.807) is 0 Å². The number of alkyl halides is 1. The predicted molar refractivity (Wildman–Crippen MR) is 97.6 cm³/mol. The lowest BCUT2D eigenvalue weighted by atomic mass is 10.2. The van der Waals surface area contributed by atoms with Crippen LogP contribution in [-0.4, -0.2) is 45.7 Å². The largest absolute Gasteiger partial charge is 0.544 e. The first-order valence-electron chi connectivity index (χ1n) is 8.69. The summed E-state index contributed by atoms with van der Waals surface area (Å²) in [5.41, 5.74) is -0.442. The summed E-state index contributed by atoms with van der Waals surface area (Å²) in [4.78, 5) is 12.3. The van der Waals surface area contributed by atoms with Crippen molar-refractivity contribution in [1.29, 1.82) is 0 Å². The molecule has 0 aromatic carbocycles. The zero-order valence-corrected chi connectivity index (χ0v) is 17.8. The first kappa shape index (κ1) is 23.0. The maximum atomic E-state index is 12.3. The monoisotopic (exact) mass is 412 g/mol. The molecule has 0 spiro atoms. The van der Waals surface area contributed by atoms with E-state index in [1.165, 1.54) is 0 Å². The Morgan fingerprint density at radius 1 is 1.00 bits per heavy atom. The van der Waals surface area contributed by atoms with Gasteiger partial charge in [-0.15, -0.1) is 0 Å². The molecule has 5 nitrogen and oxygen atoms in total. The van der Waals surface area contributed by atoms with Crippen LogP contribution in [0.2, 0.25) is 0 Å². The van der Waals surface area contributed by atoms with Crippen LogP contribution < -0.4 is 0 Å². The van der Waals surface area contributed by atoms with Gasteiger partial charge >= 0.3 is 14.8 Å². The lowest BCUT2D eigenvalue weighted by Gasteiger charge is -2.35. The van der Waals surface area contributed by atoms with E-state index in [1.807, 2.05) is 27.7 Å². The number of unbranched alkanes of at least 4 members (excludes halogenated alkanes) is 2. The van der Waals surface area contributed by atoms with E-state index in [0.29, 0.717) is 31.6 Å². The van der Waals surface area contributed by atoms with Gasteiger partial charge in [0.15, 0.2) is 5.73 Å². The zero-order valence-electron chi connectivity index (χ0n) is 15.2. The molecule has 0 amide bonds. The maximum absolute atomic E-state index is 12.3. The van der Waals surface area contributed by atoms with E-state index in [0.717, 1.165) is 19.3 Å². The lowest BCUT2D eigenvalue weighted by molar-refractivity contribution is -0.153. The summed E-state index contributed by atoms with van der Waals surface area (Å²) in [6.45, 7) is 11.1. The van der Waals surface area contributed by atoms with Crippen molar-refractivity contribution < 1.29 is 22.8 Å². The molecule has 0 radical (unpaired) electrons. The van der Waals surface area contributed by atoms with Crippen LogP contribution >= 0.6 is 15.9 Å². The molecule has 0 saturated heterocycles. The molecular weight excluding hydrogens is 380 g/mol. The Bertz CT molecular complexity index is 300. The molecule has 23 heavy (non-hydrogen) atoms. The number of halogens is 1. The second-order valence-electron chi connectivity index (χ2n) is 5.38. The summed E-state index contributed by atoms with van der Waals surface area (Å²) in [6.07, 6.45) is 3.85. The average molecular weight is 413 g/mol. The van der Waals surface area contributed by atoms with Crippen LogP contribution in [0.15, 0.2) is 0 Å². The molecular formula is C16H33BrO5Si. The molecule has 0 heterocycles. The van der Waals surface area contributed by atoms with Crippen molar-refractivity contribution in [3.8, 4) is 0 Å². The van der Waals surface area contributed by atoms with Gasteiger partial charge in [0, 0.05) is 25.2 Å². The predicted octanol–water partition coefficient (Wildman–Crippen LogP) is 4.10. The zero-order chi connectivity index (χ0) is 17.7. The number of hydrogen-bond acceptors (Lipinski definition) is 5. The second-order valence-corrected chi connectivity index (χ2v) is 8.74. The Labute approximate surface area is 150 Å². The number of esters is 1. The molecule has 0 N–H and O–H groups in total. The summed E-state index contributed by atoms with van der Waals surface area (Å²) in [6, 6.07) is 0. The van der Waals surface area contributed by atoms with E-state index < -0.39 is 14.5 Å². The van der Waals surface area contributed by atoms with Crippen molar-refractivity contribution in [3.05, 3.63) is 0 Å². The van der Waals surface area contributed by atoms with Crippen LogP contribution in [0.1, 0.15) is 60.3 Å². The second kappa shape index (κ2) is 13.4. The first-order valence-corrected chi connectivity index (χ1v) is 11.6.